The van der Waals surface area contributed by atoms with Crippen molar-refractivity contribution in [1.29, 1.82) is 0 Å². The van der Waals surface area contributed by atoms with Crippen LogP contribution in [0.5, 0.6) is 0 Å². The van der Waals surface area contributed by atoms with Crippen LogP contribution < -0.4 is 5.73 Å². The topological polar surface area (TPSA) is 59.5 Å². The van der Waals surface area contributed by atoms with Crippen molar-refractivity contribution in [3.63, 3.8) is 0 Å². The first-order valence-electron chi connectivity index (χ1n) is 6.50. The second-order valence-corrected chi connectivity index (χ2v) is 5.09. The summed E-state index contributed by atoms with van der Waals surface area (Å²) in [6.45, 7) is 2.81. The highest BCUT2D eigenvalue weighted by Crippen LogP contribution is 2.25. The summed E-state index contributed by atoms with van der Waals surface area (Å²) in [4.78, 5) is 6.99. The van der Waals surface area contributed by atoms with Gasteiger partial charge in [0.2, 0.25) is 0 Å². The second kappa shape index (κ2) is 4.66. The Morgan fingerprint density at radius 2 is 2.11 bits per heavy atom. The van der Waals surface area contributed by atoms with Crippen LogP contribution in [0.4, 0.5) is 0 Å². The maximum atomic E-state index is 5.64. The smallest absolute Gasteiger partial charge is 0.155 e. The van der Waals surface area contributed by atoms with Crippen molar-refractivity contribution in [2.45, 2.75) is 25.3 Å². The number of hydrogen-bond donors (Lipinski definition) is 1. The number of pyridine rings is 1. The summed E-state index contributed by atoms with van der Waals surface area (Å²) in [5.74, 6) is 1.49. The molecule has 0 bridgehead atoms. The number of piperidine rings is 1. The molecule has 5 heteroatoms. The summed E-state index contributed by atoms with van der Waals surface area (Å²) in [6, 6.07) is 4.01. The van der Waals surface area contributed by atoms with E-state index in [2.05, 4.69) is 22.0 Å². The molecule has 1 aliphatic rings. The molecule has 0 aromatic carbocycles. The van der Waals surface area contributed by atoms with Crippen LogP contribution in [-0.4, -0.2) is 39.6 Å². The van der Waals surface area contributed by atoms with E-state index in [0.717, 1.165) is 43.0 Å². The first kappa shape index (κ1) is 11.6. The van der Waals surface area contributed by atoms with Crippen molar-refractivity contribution in [3.05, 3.63) is 29.7 Å². The SMILES string of the molecule is CN1CCC(c2nc3ccc(CN)cn3n2)CC1. The number of rotatable bonds is 2. The molecule has 0 amide bonds. The molecule has 3 rings (SSSR count). The van der Waals surface area contributed by atoms with Gasteiger partial charge in [-0.2, -0.15) is 5.10 Å². The highest BCUT2D eigenvalue weighted by Gasteiger charge is 2.22. The molecular formula is C13H19N5. The molecule has 1 saturated heterocycles. The maximum absolute atomic E-state index is 5.64. The summed E-state index contributed by atoms with van der Waals surface area (Å²) in [7, 11) is 2.17. The molecule has 3 heterocycles. The lowest BCUT2D eigenvalue weighted by molar-refractivity contribution is 0.251. The number of aromatic nitrogens is 3. The van der Waals surface area contributed by atoms with Crippen LogP contribution in [0.1, 0.15) is 30.1 Å². The van der Waals surface area contributed by atoms with Gasteiger partial charge in [0, 0.05) is 18.7 Å². The average molecular weight is 245 g/mol. The van der Waals surface area contributed by atoms with Gasteiger partial charge in [-0.3, -0.25) is 0 Å². The van der Waals surface area contributed by atoms with Gasteiger partial charge in [-0.05, 0) is 44.6 Å². The van der Waals surface area contributed by atoms with Crippen LogP contribution in [0.25, 0.3) is 5.65 Å². The minimum absolute atomic E-state index is 0.502. The molecule has 0 aliphatic carbocycles. The van der Waals surface area contributed by atoms with Crippen molar-refractivity contribution in [2.24, 2.45) is 5.73 Å². The lowest BCUT2D eigenvalue weighted by Crippen LogP contribution is -2.29. The van der Waals surface area contributed by atoms with Gasteiger partial charge in [0.1, 0.15) is 0 Å². The van der Waals surface area contributed by atoms with Gasteiger partial charge in [-0.25, -0.2) is 9.50 Å². The zero-order valence-electron chi connectivity index (χ0n) is 10.7. The van der Waals surface area contributed by atoms with E-state index < -0.39 is 0 Å². The van der Waals surface area contributed by atoms with Crippen molar-refractivity contribution in [2.75, 3.05) is 20.1 Å². The molecule has 1 aliphatic heterocycles. The lowest BCUT2D eigenvalue weighted by atomic mass is 9.97. The third-order valence-corrected chi connectivity index (χ3v) is 3.73. The summed E-state index contributed by atoms with van der Waals surface area (Å²) in [5, 5.41) is 4.60. The Balaban J connectivity index is 1.88. The molecule has 2 aromatic heterocycles. The number of nitrogens with two attached hydrogens (primary N) is 1. The molecule has 2 N–H and O–H groups in total. The standard InChI is InChI=1S/C13H19N5/c1-17-6-4-11(5-7-17)13-15-12-3-2-10(8-14)9-18(12)16-13/h2-3,9,11H,4-8,14H2,1H3. The van der Waals surface area contributed by atoms with Gasteiger partial charge in [0.05, 0.1) is 0 Å². The molecule has 0 atom stereocenters. The predicted octanol–water partition coefficient (Wildman–Crippen LogP) is 0.997. The van der Waals surface area contributed by atoms with Gasteiger partial charge >= 0.3 is 0 Å². The molecule has 0 saturated carbocycles. The molecule has 0 radical (unpaired) electrons. The van der Waals surface area contributed by atoms with Crippen molar-refractivity contribution in [1.82, 2.24) is 19.5 Å². The molecule has 96 valence electrons. The Morgan fingerprint density at radius 3 is 2.83 bits per heavy atom. The van der Waals surface area contributed by atoms with E-state index in [1.807, 2.05) is 22.8 Å². The Hall–Kier alpha value is -1.46. The van der Waals surface area contributed by atoms with E-state index in [1.165, 1.54) is 0 Å². The van der Waals surface area contributed by atoms with Crippen LogP contribution in [0.3, 0.4) is 0 Å². The fraction of sp³-hybridized carbons (Fsp3) is 0.538. The third-order valence-electron chi connectivity index (χ3n) is 3.73. The number of likely N-dealkylation sites (tertiary alicyclic amines) is 1. The fourth-order valence-corrected chi connectivity index (χ4v) is 2.50. The van der Waals surface area contributed by atoms with Crippen molar-refractivity contribution < 1.29 is 0 Å². The molecule has 0 unspecified atom stereocenters. The van der Waals surface area contributed by atoms with Crippen LogP contribution >= 0.6 is 0 Å². The summed E-state index contributed by atoms with van der Waals surface area (Å²) < 4.78 is 1.86. The number of hydrogen-bond acceptors (Lipinski definition) is 4. The molecule has 0 spiro atoms. The average Bonchev–Trinajstić information content (AvgIpc) is 2.82. The summed E-state index contributed by atoms with van der Waals surface area (Å²) >= 11 is 0. The lowest BCUT2D eigenvalue weighted by Gasteiger charge is -2.26. The molecular weight excluding hydrogens is 226 g/mol. The monoisotopic (exact) mass is 245 g/mol. The second-order valence-electron chi connectivity index (χ2n) is 5.09. The molecule has 5 nitrogen and oxygen atoms in total. The van der Waals surface area contributed by atoms with Crippen molar-refractivity contribution >= 4 is 5.65 Å². The van der Waals surface area contributed by atoms with Gasteiger partial charge < -0.3 is 10.6 Å². The van der Waals surface area contributed by atoms with Crippen LogP contribution in [0, 0.1) is 0 Å². The minimum Gasteiger partial charge on any atom is -0.326 e. The van der Waals surface area contributed by atoms with E-state index in [-0.39, 0.29) is 0 Å². The van der Waals surface area contributed by atoms with Gasteiger partial charge in [0.15, 0.2) is 11.5 Å². The number of fused-ring (bicyclic) bond motifs is 1. The maximum Gasteiger partial charge on any atom is 0.155 e. The number of nitrogens with zero attached hydrogens (tertiary/aromatic N) is 4. The summed E-state index contributed by atoms with van der Waals surface area (Å²) in [6.07, 6.45) is 4.27. The molecule has 1 fully saturated rings. The zero-order valence-corrected chi connectivity index (χ0v) is 10.7. The minimum atomic E-state index is 0.502. The highest BCUT2D eigenvalue weighted by molar-refractivity contribution is 5.39. The Kier molecular flexibility index (Phi) is 3.01. The predicted molar refractivity (Wildman–Crippen MR) is 70.4 cm³/mol. The molecule has 18 heavy (non-hydrogen) atoms. The Labute approximate surface area is 107 Å². The largest absolute Gasteiger partial charge is 0.326 e. The zero-order chi connectivity index (χ0) is 12.5. The van der Waals surface area contributed by atoms with Crippen LogP contribution in [-0.2, 0) is 6.54 Å². The fourth-order valence-electron chi connectivity index (χ4n) is 2.50. The van der Waals surface area contributed by atoms with Gasteiger partial charge in [-0.15, -0.1) is 0 Å². The van der Waals surface area contributed by atoms with E-state index in [4.69, 9.17) is 5.73 Å². The Morgan fingerprint density at radius 1 is 1.33 bits per heavy atom. The van der Waals surface area contributed by atoms with Crippen LogP contribution in [0.15, 0.2) is 18.3 Å². The van der Waals surface area contributed by atoms with Gasteiger partial charge in [0.25, 0.3) is 0 Å². The van der Waals surface area contributed by atoms with E-state index >= 15 is 0 Å². The van der Waals surface area contributed by atoms with Crippen LogP contribution in [0.2, 0.25) is 0 Å². The first-order chi connectivity index (χ1) is 8.76. The molecule has 2 aromatic rings. The van der Waals surface area contributed by atoms with E-state index in [0.29, 0.717) is 12.5 Å². The van der Waals surface area contributed by atoms with E-state index in [1.54, 1.807) is 0 Å². The normalized spacial score (nSPS) is 18.6. The van der Waals surface area contributed by atoms with E-state index in [9.17, 15) is 0 Å². The van der Waals surface area contributed by atoms with Crippen molar-refractivity contribution in [3.8, 4) is 0 Å². The third kappa shape index (κ3) is 2.11. The first-order valence-corrected chi connectivity index (χ1v) is 6.50. The Bertz CT molecular complexity index is 539. The summed E-state index contributed by atoms with van der Waals surface area (Å²) in [5.41, 5.74) is 7.64. The van der Waals surface area contributed by atoms with Gasteiger partial charge in [-0.1, -0.05) is 6.07 Å². The highest BCUT2D eigenvalue weighted by atomic mass is 15.3. The quantitative estimate of drug-likeness (QED) is 0.857.